The number of allylic oxidation sites excluding steroid dienone is 1. The van der Waals surface area contributed by atoms with Crippen molar-refractivity contribution < 1.29 is 35.5 Å². The molecular weight excluding hydrogens is 245 g/mol. The van der Waals surface area contributed by atoms with Gasteiger partial charge in [-0.2, -0.15) is 30.7 Å². The van der Waals surface area contributed by atoms with Gasteiger partial charge < -0.3 is 4.74 Å². The lowest BCUT2D eigenvalue weighted by atomic mass is 10.1. The molecule has 16 heavy (non-hydrogen) atoms. The molecule has 94 valence electrons. The fraction of sp³-hybridized carbons (Fsp3) is 0.500. The maximum absolute atomic E-state index is 12.7. The zero-order valence-electron chi connectivity index (χ0n) is 7.75. The van der Waals surface area contributed by atoms with Crippen molar-refractivity contribution in [3.05, 3.63) is 24.7 Å². The standard InChI is InChI=1S/C8H7F7O/c1-2-3-4-7(12,13)8(14,15)16-6(11)5(9)10/h2H,1,3-4H2. The molecule has 0 radical (unpaired) electrons. The van der Waals surface area contributed by atoms with Gasteiger partial charge in [0.1, 0.15) is 0 Å². The first-order valence-electron chi connectivity index (χ1n) is 3.90. The molecule has 0 aliphatic rings. The summed E-state index contributed by atoms with van der Waals surface area (Å²) in [4.78, 5) is 0. The van der Waals surface area contributed by atoms with Crippen LogP contribution in [0, 0.1) is 0 Å². The molecule has 0 atom stereocenters. The van der Waals surface area contributed by atoms with Crippen LogP contribution in [-0.4, -0.2) is 12.0 Å². The van der Waals surface area contributed by atoms with E-state index in [9.17, 15) is 30.7 Å². The lowest BCUT2D eigenvalue weighted by molar-refractivity contribution is -0.341. The van der Waals surface area contributed by atoms with E-state index in [1.165, 1.54) is 0 Å². The molecule has 0 aromatic carbocycles. The molecule has 0 saturated carbocycles. The average molecular weight is 252 g/mol. The zero-order valence-corrected chi connectivity index (χ0v) is 7.75. The van der Waals surface area contributed by atoms with Crippen LogP contribution < -0.4 is 0 Å². The van der Waals surface area contributed by atoms with E-state index >= 15 is 0 Å². The molecule has 0 saturated heterocycles. The van der Waals surface area contributed by atoms with Crippen LogP contribution in [0.1, 0.15) is 12.8 Å². The second-order valence-electron chi connectivity index (χ2n) is 2.68. The van der Waals surface area contributed by atoms with E-state index in [1.54, 1.807) is 0 Å². The second-order valence-corrected chi connectivity index (χ2v) is 2.68. The Labute approximate surface area is 86.2 Å². The Kier molecular flexibility index (Phi) is 4.82. The summed E-state index contributed by atoms with van der Waals surface area (Å²) in [6.07, 6.45) is -9.56. The first-order valence-corrected chi connectivity index (χ1v) is 3.90. The van der Waals surface area contributed by atoms with E-state index in [1.807, 2.05) is 0 Å². The van der Waals surface area contributed by atoms with Gasteiger partial charge in [-0.1, -0.05) is 6.08 Å². The van der Waals surface area contributed by atoms with Gasteiger partial charge in [-0.3, -0.25) is 0 Å². The van der Waals surface area contributed by atoms with Gasteiger partial charge in [0.05, 0.1) is 0 Å². The van der Waals surface area contributed by atoms with Gasteiger partial charge in [0.2, 0.25) is 0 Å². The minimum atomic E-state index is -5.34. The van der Waals surface area contributed by atoms with Gasteiger partial charge in [0.25, 0.3) is 0 Å². The Morgan fingerprint density at radius 3 is 2.00 bits per heavy atom. The van der Waals surface area contributed by atoms with Gasteiger partial charge >= 0.3 is 24.1 Å². The van der Waals surface area contributed by atoms with Crippen LogP contribution in [0.5, 0.6) is 0 Å². The number of alkyl halides is 4. The van der Waals surface area contributed by atoms with Gasteiger partial charge in [0, 0.05) is 6.42 Å². The largest absolute Gasteiger partial charge is 0.466 e. The maximum atomic E-state index is 12.7. The Hall–Kier alpha value is -1.21. The van der Waals surface area contributed by atoms with Crippen LogP contribution in [0.2, 0.25) is 0 Å². The molecule has 0 aromatic rings. The van der Waals surface area contributed by atoms with Crippen LogP contribution in [-0.2, 0) is 4.74 Å². The minimum Gasteiger partial charge on any atom is -0.398 e. The van der Waals surface area contributed by atoms with E-state index in [0.29, 0.717) is 0 Å². The summed E-state index contributed by atoms with van der Waals surface area (Å²) in [7, 11) is 0. The van der Waals surface area contributed by atoms with E-state index in [-0.39, 0.29) is 0 Å². The van der Waals surface area contributed by atoms with Crippen molar-refractivity contribution in [2.45, 2.75) is 24.9 Å². The van der Waals surface area contributed by atoms with Crippen LogP contribution >= 0.6 is 0 Å². The molecule has 0 aliphatic carbocycles. The predicted octanol–water partition coefficient (Wildman–Crippen LogP) is 4.23. The molecule has 8 heteroatoms. The lowest BCUT2D eigenvalue weighted by Crippen LogP contribution is -2.42. The van der Waals surface area contributed by atoms with E-state index in [2.05, 4.69) is 11.3 Å². The molecule has 0 aliphatic heterocycles. The van der Waals surface area contributed by atoms with E-state index < -0.39 is 37.0 Å². The smallest absolute Gasteiger partial charge is 0.398 e. The highest BCUT2D eigenvalue weighted by molar-refractivity contribution is 4.88. The molecular formula is C8H7F7O. The third-order valence-corrected chi connectivity index (χ3v) is 1.45. The number of ether oxygens (including phenoxy) is 1. The SMILES string of the molecule is C=CCCC(F)(F)C(F)(F)OC(F)=C(F)F. The fourth-order valence-electron chi connectivity index (χ4n) is 0.655. The van der Waals surface area contributed by atoms with Crippen molar-refractivity contribution in [2.24, 2.45) is 0 Å². The summed E-state index contributed by atoms with van der Waals surface area (Å²) >= 11 is 0. The van der Waals surface area contributed by atoms with Crippen LogP contribution in [0.25, 0.3) is 0 Å². The number of rotatable bonds is 6. The Morgan fingerprint density at radius 2 is 1.62 bits per heavy atom. The Bertz CT molecular complexity index is 280. The average Bonchev–Trinajstić information content (AvgIpc) is 2.13. The highest BCUT2D eigenvalue weighted by atomic mass is 19.3. The monoisotopic (exact) mass is 252 g/mol. The van der Waals surface area contributed by atoms with Crippen molar-refractivity contribution in [1.29, 1.82) is 0 Å². The van der Waals surface area contributed by atoms with Crippen LogP contribution in [0.3, 0.4) is 0 Å². The number of halogens is 7. The lowest BCUT2D eigenvalue weighted by Gasteiger charge is -2.24. The first kappa shape index (κ1) is 14.8. The van der Waals surface area contributed by atoms with E-state index in [4.69, 9.17) is 0 Å². The van der Waals surface area contributed by atoms with Gasteiger partial charge in [-0.25, -0.2) is 0 Å². The maximum Gasteiger partial charge on any atom is 0.466 e. The summed E-state index contributed by atoms with van der Waals surface area (Å²) in [5, 5.41) is 0. The highest BCUT2D eigenvalue weighted by Crippen LogP contribution is 2.40. The Morgan fingerprint density at radius 1 is 1.12 bits per heavy atom. The molecule has 0 unspecified atom stereocenters. The highest BCUT2D eigenvalue weighted by Gasteiger charge is 2.59. The van der Waals surface area contributed by atoms with Crippen LogP contribution in [0.15, 0.2) is 24.7 Å². The Balaban J connectivity index is 4.76. The quantitative estimate of drug-likeness (QED) is 0.390. The molecule has 1 nitrogen and oxygen atoms in total. The molecule has 0 fully saturated rings. The summed E-state index contributed by atoms with van der Waals surface area (Å²) in [6.45, 7) is 3.01. The van der Waals surface area contributed by atoms with Gasteiger partial charge in [0.15, 0.2) is 0 Å². The number of hydrogen-bond donors (Lipinski definition) is 0. The summed E-state index contributed by atoms with van der Waals surface area (Å²) in [6, 6.07) is -3.02. The topological polar surface area (TPSA) is 9.23 Å². The molecule has 0 bridgehead atoms. The molecule has 0 aromatic heterocycles. The van der Waals surface area contributed by atoms with Gasteiger partial charge in [-0.05, 0) is 6.42 Å². The van der Waals surface area contributed by atoms with Crippen LogP contribution in [0.4, 0.5) is 30.7 Å². The van der Waals surface area contributed by atoms with Gasteiger partial charge in [-0.15, -0.1) is 6.58 Å². The molecule has 0 amide bonds. The fourth-order valence-corrected chi connectivity index (χ4v) is 0.655. The molecule has 0 spiro atoms. The van der Waals surface area contributed by atoms with Crippen molar-refractivity contribution in [1.82, 2.24) is 0 Å². The van der Waals surface area contributed by atoms with Crippen molar-refractivity contribution in [3.63, 3.8) is 0 Å². The van der Waals surface area contributed by atoms with Crippen molar-refractivity contribution in [2.75, 3.05) is 0 Å². The molecule has 0 N–H and O–H groups in total. The summed E-state index contributed by atoms with van der Waals surface area (Å²) in [5.41, 5.74) is 0. The number of hydrogen-bond acceptors (Lipinski definition) is 1. The van der Waals surface area contributed by atoms with Crippen molar-refractivity contribution >= 4 is 0 Å². The van der Waals surface area contributed by atoms with Crippen molar-refractivity contribution in [3.8, 4) is 0 Å². The third kappa shape index (κ3) is 3.74. The molecule has 0 heterocycles. The normalized spacial score (nSPS) is 12.2. The predicted molar refractivity (Wildman–Crippen MR) is 40.8 cm³/mol. The first-order chi connectivity index (χ1) is 7.14. The third-order valence-electron chi connectivity index (χ3n) is 1.45. The summed E-state index contributed by atoms with van der Waals surface area (Å²) < 4.78 is 87.7. The summed E-state index contributed by atoms with van der Waals surface area (Å²) in [5.74, 6) is -4.77. The second kappa shape index (κ2) is 5.22. The zero-order chi connectivity index (χ0) is 13.0. The molecule has 0 rings (SSSR count). The minimum absolute atomic E-state index is 0.505. The van der Waals surface area contributed by atoms with E-state index in [0.717, 1.165) is 6.08 Å².